The van der Waals surface area contributed by atoms with Gasteiger partial charge in [-0.3, -0.25) is 9.59 Å². The summed E-state index contributed by atoms with van der Waals surface area (Å²) >= 11 is 0. The average Bonchev–Trinajstić information content (AvgIpc) is 2.94. The molecule has 0 aromatic heterocycles. The summed E-state index contributed by atoms with van der Waals surface area (Å²) < 4.78 is 55.5. The van der Waals surface area contributed by atoms with Gasteiger partial charge in [0.15, 0.2) is 0 Å². The third-order valence-corrected chi connectivity index (χ3v) is 8.00. The lowest BCUT2D eigenvalue weighted by Crippen LogP contribution is -2.49. The number of carbonyl (C=O) groups excluding carboxylic acids is 2. The highest BCUT2D eigenvalue weighted by Crippen LogP contribution is 2.16. The van der Waals surface area contributed by atoms with Crippen molar-refractivity contribution < 1.29 is 31.9 Å². The molecule has 3 aromatic carbocycles. The molecule has 42 heavy (non-hydrogen) atoms. The highest BCUT2D eigenvalue weighted by molar-refractivity contribution is 7.89. The number of nitrogens with one attached hydrogen (secondary N) is 2. The molecule has 11 heteroatoms. The van der Waals surface area contributed by atoms with Crippen molar-refractivity contribution in [3.8, 4) is 0 Å². The van der Waals surface area contributed by atoms with E-state index in [0.717, 1.165) is 25.0 Å². The number of halogens is 2. The van der Waals surface area contributed by atoms with Crippen LogP contribution in [0.2, 0.25) is 0 Å². The van der Waals surface area contributed by atoms with Gasteiger partial charge in [-0.05, 0) is 79.8 Å². The summed E-state index contributed by atoms with van der Waals surface area (Å²) in [5, 5.41) is 13.7. The zero-order chi connectivity index (χ0) is 30.9. The molecule has 0 saturated carbocycles. The molecule has 0 aliphatic carbocycles. The first kappa shape index (κ1) is 32.8. The van der Waals surface area contributed by atoms with Crippen LogP contribution in [0.3, 0.4) is 0 Å². The molecule has 0 aliphatic heterocycles. The Labute approximate surface area is 245 Å². The van der Waals surface area contributed by atoms with Crippen LogP contribution in [0.5, 0.6) is 0 Å². The van der Waals surface area contributed by atoms with Crippen LogP contribution >= 0.6 is 0 Å². The first-order chi connectivity index (χ1) is 19.9. The van der Waals surface area contributed by atoms with E-state index in [2.05, 4.69) is 10.0 Å². The van der Waals surface area contributed by atoms with Crippen LogP contribution in [0.25, 0.3) is 0 Å². The molecule has 226 valence electrons. The Balaban J connectivity index is 1.87. The van der Waals surface area contributed by atoms with Crippen LogP contribution in [0, 0.1) is 18.6 Å². The van der Waals surface area contributed by atoms with Crippen LogP contribution in [0.4, 0.5) is 8.78 Å². The molecule has 3 N–H and O–H groups in total. The van der Waals surface area contributed by atoms with Gasteiger partial charge in [0.05, 0.1) is 17.0 Å². The van der Waals surface area contributed by atoms with Crippen LogP contribution in [0.1, 0.15) is 58.5 Å². The predicted molar refractivity (Wildman–Crippen MR) is 157 cm³/mol. The van der Waals surface area contributed by atoms with E-state index in [9.17, 15) is 31.9 Å². The second-order valence-electron chi connectivity index (χ2n) is 10.2. The Morgan fingerprint density at radius 3 is 2.10 bits per heavy atom. The summed E-state index contributed by atoms with van der Waals surface area (Å²) in [5.74, 6) is -2.52. The second kappa shape index (κ2) is 15.0. The number of nitrogens with zero attached hydrogens (tertiary/aromatic N) is 1. The number of hydrogen-bond donors (Lipinski definition) is 3. The largest absolute Gasteiger partial charge is 0.390 e. The van der Waals surface area contributed by atoms with Crippen LogP contribution < -0.4 is 10.0 Å². The molecular weight excluding hydrogens is 564 g/mol. The van der Waals surface area contributed by atoms with Gasteiger partial charge in [-0.15, -0.1) is 0 Å². The van der Waals surface area contributed by atoms with Crippen molar-refractivity contribution in [2.24, 2.45) is 0 Å². The van der Waals surface area contributed by atoms with Crippen molar-refractivity contribution >= 4 is 21.8 Å². The molecular formula is C31H37F2N3O5S. The minimum absolute atomic E-state index is 0.0119. The number of aliphatic hydroxyl groups is 1. The summed E-state index contributed by atoms with van der Waals surface area (Å²) in [5.41, 5.74) is 1.30. The van der Waals surface area contributed by atoms with Crippen LogP contribution in [-0.2, 0) is 16.4 Å². The molecule has 0 saturated heterocycles. The Bertz CT molecular complexity index is 1460. The van der Waals surface area contributed by atoms with Gasteiger partial charge in [0.2, 0.25) is 10.0 Å². The second-order valence-corrected chi connectivity index (χ2v) is 11.9. The number of rotatable bonds is 14. The van der Waals surface area contributed by atoms with E-state index < -0.39 is 46.3 Å². The van der Waals surface area contributed by atoms with E-state index in [4.69, 9.17) is 0 Å². The third kappa shape index (κ3) is 9.17. The summed E-state index contributed by atoms with van der Waals surface area (Å²) in [6.45, 7) is 6.35. The molecule has 0 aliphatic rings. The van der Waals surface area contributed by atoms with E-state index in [-0.39, 0.29) is 28.4 Å². The quantitative estimate of drug-likeness (QED) is 0.256. The van der Waals surface area contributed by atoms with E-state index in [0.29, 0.717) is 30.3 Å². The lowest BCUT2D eigenvalue weighted by atomic mass is 9.99. The molecule has 2 amide bonds. The number of amides is 2. The fraction of sp³-hybridized carbons (Fsp3) is 0.355. The van der Waals surface area contributed by atoms with Crippen molar-refractivity contribution in [1.29, 1.82) is 0 Å². The molecule has 0 bridgehead atoms. The van der Waals surface area contributed by atoms with Crippen molar-refractivity contribution in [2.45, 2.75) is 57.1 Å². The fourth-order valence-corrected chi connectivity index (χ4v) is 5.69. The minimum atomic E-state index is -3.98. The summed E-state index contributed by atoms with van der Waals surface area (Å²) in [6.07, 6.45) is -0.125. The number of aryl methyl sites for hydroxylation is 1. The van der Waals surface area contributed by atoms with E-state index in [1.807, 2.05) is 13.8 Å². The van der Waals surface area contributed by atoms with Gasteiger partial charge < -0.3 is 15.3 Å². The smallest absolute Gasteiger partial charge is 0.253 e. The Kier molecular flexibility index (Phi) is 11.7. The Hall–Kier alpha value is -3.67. The topological polar surface area (TPSA) is 116 Å². The monoisotopic (exact) mass is 601 g/mol. The van der Waals surface area contributed by atoms with Gasteiger partial charge in [0, 0.05) is 36.8 Å². The number of sulfonamides is 1. The number of carbonyl (C=O) groups is 2. The Morgan fingerprint density at radius 1 is 0.905 bits per heavy atom. The normalized spacial score (nSPS) is 12.9. The maximum Gasteiger partial charge on any atom is 0.253 e. The standard InChI is InChI=1S/C31H37F2N3O5S/c1-4-11-36(12-5-2)31(39)24-14-21(3)13-23(18-24)30(38)35-28(17-22-15-25(32)19-26(33)16-22)29(37)20-34-42(40,41)27-9-7-6-8-10-27/h6-10,13-16,18-19,28-29,34,37H,4-5,11-12,17,20H2,1-3H3,(H,35,38)/t28-,29+/m0/s1. The molecule has 0 heterocycles. The first-order valence-electron chi connectivity index (χ1n) is 13.8. The third-order valence-electron chi connectivity index (χ3n) is 6.56. The van der Waals surface area contributed by atoms with Crippen LogP contribution in [0.15, 0.2) is 71.6 Å². The van der Waals surface area contributed by atoms with Gasteiger partial charge in [-0.1, -0.05) is 32.0 Å². The molecule has 3 rings (SSSR count). The molecule has 3 aromatic rings. The van der Waals surface area contributed by atoms with Gasteiger partial charge in [-0.25, -0.2) is 21.9 Å². The van der Waals surface area contributed by atoms with E-state index >= 15 is 0 Å². The molecule has 0 unspecified atom stereocenters. The zero-order valence-corrected chi connectivity index (χ0v) is 24.8. The number of benzene rings is 3. The molecule has 8 nitrogen and oxygen atoms in total. The van der Waals surface area contributed by atoms with Gasteiger partial charge in [0.1, 0.15) is 11.6 Å². The molecule has 0 fully saturated rings. The van der Waals surface area contributed by atoms with Crippen LogP contribution in [-0.4, -0.2) is 62.0 Å². The van der Waals surface area contributed by atoms with Gasteiger partial charge in [-0.2, -0.15) is 0 Å². The SMILES string of the molecule is CCCN(CCC)C(=O)c1cc(C)cc(C(=O)N[C@@H](Cc2cc(F)cc(F)c2)[C@H](O)CNS(=O)(=O)c2ccccc2)c1. The fourth-order valence-electron chi connectivity index (χ4n) is 4.61. The molecule has 0 radical (unpaired) electrons. The lowest BCUT2D eigenvalue weighted by molar-refractivity contribution is 0.0755. The highest BCUT2D eigenvalue weighted by atomic mass is 32.2. The van der Waals surface area contributed by atoms with Gasteiger partial charge >= 0.3 is 0 Å². The maximum absolute atomic E-state index is 13.9. The lowest BCUT2D eigenvalue weighted by Gasteiger charge is -2.25. The number of aliphatic hydroxyl groups excluding tert-OH is 1. The number of hydrogen-bond acceptors (Lipinski definition) is 5. The van der Waals surface area contributed by atoms with Crippen molar-refractivity contribution in [3.05, 3.63) is 101 Å². The maximum atomic E-state index is 13.9. The predicted octanol–water partition coefficient (Wildman–Crippen LogP) is 4.22. The molecule has 0 spiro atoms. The van der Waals surface area contributed by atoms with Crippen molar-refractivity contribution in [2.75, 3.05) is 19.6 Å². The summed E-state index contributed by atoms with van der Waals surface area (Å²) in [6, 6.07) is 14.0. The highest BCUT2D eigenvalue weighted by Gasteiger charge is 2.26. The first-order valence-corrected chi connectivity index (χ1v) is 15.3. The summed E-state index contributed by atoms with van der Waals surface area (Å²) in [7, 11) is -3.98. The zero-order valence-electron chi connectivity index (χ0n) is 23.9. The Morgan fingerprint density at radius 2 is 1.50 bits per heavy atom. The van der Waals surface area contributed by atoms with E-state index in [1.165, 1.54) is 18.2 Å². The average molecular weight is 602 g/mol. The van der Waals surface area contributed by atoms with Crippen molar-refractivity contribution in [3.63, 3.8) is 0 Å². The summed E-state index contributed by atoms with van der Waals surface area (Å²) in [4.78, 5) is 28.3. The minimum Gasteiger partial charge on any atom is -0.390 e. The van der Waals surface area contributed by atoms with Crippen molar-refractivity contribution in [1.82, 2.24) is 14.9 Å². The van der Waals surface area contributed by atoms with Gasteiger partial charge in [0.25, 0.3) is 11.8 Å². The van der Waals surface area contributed by atoms with E-state index in [1.54, 1.807) is 42.2 Å². The molecule has 2 atom stereocenters.